The van der Waals surface area contributed by atoms with Crippen LogP contribution in [0.25, 0.3) is 0 Å². The number of rotatable bonds is 2. The zero-order valence-corrected chi connectivity index (χ0v) is 14.6. The molecule has 1 aromatic carbocycles. The molecule has 1 aliphatic rings. The summed E-state index contributed by atoms with van der Waals surface area (Å²) in [6, 6.07) is 2.69. The Hall–Kier alpha value is -2.27. The van der Waals surface area contributed by atoms with E-state index in [0.717, 1.165) is 31.3 Å². The molecule has 7 nitrogen and oxygen atoms in total. The lowest BCUT2D eigenvalue weighted by atomic mass is 10.3. The van der Waals surface area contributed by atoms with Crippen molar-refractivity contribution in [2.24, 2.45) is 21.5 Å². The van der Waals surface area contributed by atoms with E-state index in [1.165, 1.54) is 0 Å². The Morgan fingerprint density at radius 1 is 1.15 bits per heavy atom. The molecule has 0 aliphatic carbocycles. The molecule has 1 aliphatic heterocycles. The predicted octanol–water partition coefficient (Wildman–Crippen LogP) is 1.65. The number of likely N-dealkylation sites (N-methyl/N-ethyl adjacent to an activating group) is 1. The fourth-order valence-electron chi connectivity index (χ4n) is 2.15. The summed E-state index contributed by atoms with van der Waals surface area (Å²) in [5.41, 5.74) is 11.5. The summed E-state index contributed by atoms with van der Waals surface area (Å²) in [6.45, 7) is 2.99. The van der Waals surface area contributed by atoms with E-state index in [4.69, 9.17) is 11.5 Å². The van der Waals surface area contributed by atoms with E-state index >= 15 is 0 Å². The van der Waals surface area contributed by atoms with Gasteiger partial charge in [0, 0.05) is 32.2 Å². The van der Waals surface area contributed by atoms with Gasteiger partial charge in [-0.1, -0.05) is 0 Å². The van der Waals surface area contributed by atoms with E-state index in [-0.39, 0.29) is 30.0 Å². The third-order valence-corrected chi connectivity index (χ3v) is 3.44. The average Bonchev–Trinajstić information content (AvgIpc) is 2.49. The quantitative estimate of drug-likeness (QED) is 0.449. The van der Waals surface area contributed by atoms with Crippen molar-refractivity contribution in [3.63, 3.8) is 0 Å². The largest absolute Gasteiger partial charge is 0.573 e. The maximum atomic E-state index is 13.6. The molecule has 0 radical (unpaired) electrons. The molecule has 1 aromatic rings. The number of nitrogens with two attached hydrogens (primary N) is 2. The summed E-state index contributed by atoms with van der Waals surface area (Å²) in [4.78, 5) is 11.7. The molecule has 0 aromatic heterocycles. The van der Waals surface area contributed by atoms with Gasteiger partial charge in [0.1, 0.15) is 0 Å². The smallest absolute Gasteiger partial charge is 0.403 e. The van der Waals surface area contributed by atoms with E-state index in [9.17, 15) is 17.6 Å². The SMILES string of the molecule is CN1CCN(C(N)=NC(N)=Nc2ccc(OC(F)(F)F)c(F)c2)CC1.Cl. The molecule has 0 spiro atoms. The normalized spacial score (nSPS) is 17.0. The Labute approximate surface area is 153 Å². The number of nitrogens with zero attached hydrogens (tertiary/aromatic N) is 4. The molecule has 0 atom stereocenters. The molecule has 2 rings (SSSR count). The Kier molecular flexibility index (Phi) is 7.45. The van der Waals surface area contributed by atoms with Gasteiger partial charge in [-0.3, -0.25) is 0 Å². The molecular weight excluding hydrogens is 380 g/mol. The number of hydrogen-bond acceptors (Lipinski definition) is 3. The van der Waals surface area contributed by atoms with E-state index in [1.54, 1.807) is 0 Å². The first-order valence-corrected chi connectivity index (χ1v) is 7.31. The number of hydrogen-bond donors (Lipinski definition) is 2. The maximum absolute atomic E-state index is 13.6. The Morgan fingerprint density at radius 3 is 2.31 bits per heavy atom. The predicted molar refractivity (Wildman–Crippen MR) is 92.3 cm³/mol. The van der Waals surface area contributed by atoms with Crippen LogP contribution in [0.5, 0.6) is 5.75 Å². The topological polar surface area (TPSA) is 92.5 Å². The van der Waals surface area contributed by atoms with Crippen molar-refractivity contribution in [2.45, 2.75) is 6.36 Å². The third-order valence-electron chi connectivity index (χ3n) is 3.44. The van der Waals surface area contributed by atoms with E-state index in [2.05, 4.69) is 19.6 Å². The van der Waals surface area contributed by atoms with Gasteiger partial charge in [0.2, 0.25) is 5.96 Å². The minimum absolute atomic E-state index is 0. The van der Waals surface area contributed by atoms with Crippen LogP contribution >= 0.6 is 12.4 Å². The van der Waals surface area contributed by atoms with Gasteiger partial charge < -0.3 is 26.0 Å². The maximum Gasteiger partial charge on any atom is 0.573 e. The summed E-state index contributed by atoms with van der Waals surface area (Å²) in [7, 11) is 1.99. The van der Waals surface area contributed by atoms with Gasteiger partial charge in [-0.2, -0.15) is 4.99 Å². The molecule has 12 heteroatoms. The van der Waals surface area contributed by atoms with Gasteiger partial charge in [-0.25, -0.2) is 9.38 Å². The second-order valence-corrected chi connectivity index (χ2v) is 5.39. The second kappa shape index (κ2) is 8.90. The number of guanidine groups is 2. The molecule has 1 fully saturated rings. The number of ether oxygens (including phenoxy) is 1. The highest BCUT2D eigenvalue weighted by Crippen LogP contribution is 2.28. The lowest BCUT2D eigenvalue weighted by Crippen LogP contribution is -2.50. The summed E-state index contributed by atoms with van der Waals surface area (Å²) < 4.78 is 53.4. The number of benzene rings is 1. The lowest BCUT2D eigenvalue weighted by molar-refractivity contribution is -0.275. The second-order valence-electron chi connectivity index (χ2n) is 5.39. The molecule has 26 heavy (non-hydrogen) atoms. The van der Waals surface area contributed by atoms with Gasteiger partial charge in [0.25, 0.3) is 0 Å². The van der Waals surface area contributed by atoms with Crippen LogP contribution in [0.4, 0.5) is 23.2 Å². The number of aliphatic imine (C=N–C) groups is 2. The number of halogens is 5. The van der Waals surface area contributed by atoms with Crippen molar-refractivity contribution in [3.05, 3.63) is 24.0 Å². The van der Waals surface area contributed by atoms with Crippen LogP contribution in [0.3, 0.4) is 0 Å². The molecule has 1 saturated heterocycles. The Morgan fingerprint density at radius 2 is 1.77 bits per heavy atom. The van der Waals surface area contributed by atoms with Crippen molar-refractivity contribution in [1.29, 1.82) is 0 Å². The molecule has 0 amide bonds. The van der Waals surface area contributed by atoms with Gasteiger partial charge >= 0.3 is 6.36 Å². The fourth-order valence-corrected chi connectivity index (χ4v) is 2.15. The first-order chi connectivity index (χ1) is 11.6. The first kappa shape index (κ1) is 21.8. The highest BCUT2D eigenvalue weighted by Gasteiger charge is 2.32. The number of piperazine rings is 1. The van der Waals surface area contributed by atoms with Crippen LogP contribution in [0.15, 0.2) is 28.2 Å². The highest BCUT2D eigenvalue weighted by atomic mass is 35.5. The monoisotopic (exact) mass is 398 g/mol. The molecule has 0 unspecified atom stereocenters. The average molecular weight is 399 g/mol. The van der Waals surface area contributed by atoms with Crippen LogP contribution in [0, 0.1) is 5.82 Å². The van der Waals surface area contributed by atoms with Crippen molar-refractivity contribution in [2.75, 3.05) is 33.2 Å². The van der Waals surface area contributed by atoms with Gasteiger partial charge in [-0.05, 0) is 19.2 Å². The summed E-state index contributed by atoms with van der Waals surface area (Å²) >= 11 is 0. The van der Waals surface area contributed by atoms with Gasteiger partial charge in [0.15, 0.2) is 17.5 Å². The van der Waals surface area contributed by atoms with E-state index in [0.29, 0.717) is 13.1 Å². The highest BCUT2D eigenvalue weighted by molar-refractivity contribution is 5.94. The molecule has 0 bridgehead atoms. The first-order valence-electron chi connectivity index (χ1n) is 7.31. The van der Waals surface area contributed by atoms with Crippen LogP contribution in [0.2, 0.25) is 0 Å². The Bertz CT molecular complexity index is 674. The molecule has 0 saturated carbocycles. The summed E-state index contributed by atoms with van der Waals surface area (Å²) in [5, 5.41) is 0. The van der Waals surface area contributed by atoms with Crippen molar-refractivity contribution < 1.29 is 22.3 Å². The zero-order chi connectivity index (χ0) is 18.6. The molecular formula is C14H19ClF4N6O. The van der Waals surface area contributed by atoms with Crippen LogP contribution < -0.4 is 16.2 Å². The lowest BCUT2D eigenvalue weighted by Gasteiger charge is -2.32. The molecule has 1 heterocycles. The van der Waals surface area contributed by atoms with Crippen LogP contribution in [0.1, 0.15) is 0 Å². The van der Waals surface area contributed by atoms with Crippen molar-refractivity contribution in [3.8, 4) is 5.75 Å². The van der Waals surface area contributed by atoms with Crippen LogP contribution in [-0.4, -0.2) is 61.3 Å². The third kappa shape index (κ3) is 6.56. The zero-order valence-electron chi connectivity index (χ0n) is 13.8. The molecule has 4 N–H and O–H groups in total. The fraction of sp³-hybridized carbons (Fsp3) is 0.429. The van der Waals surface area contributed by atoms with Crippen LogP contribution in [-0.2, 0) is 0 Å². The van der Waals surface area contributed by atoms with E-state index < -0.39 is 17.9 Å². The van der Waals surface area contributed by atoms with Gasteiger partial charge in [0.05, 0.1) is 5.69 Å². The minimum atomic E-state index is -4.98. The van der Waals surface area contributed by atoms with E-state index in [1.807, 2.05) is 11.9 Å². The van der Waals surface area contributed by atoms with Gasteiger partial charge in [-0.15, -0.1) is 25.6 Å². The summed E-state index contributed by atoms with van der Waals surface area (Å²) in [6.07, 6.45) is -4.98. The number of alkyl halides is 3. The molecule has 146 valence electrons. The minimum Gasteiger partial charge on any atom is -0.403 e. The standard InChI is InChI=1S/C14H18F4N6O.ClH/c1-23-4-6-24(7-5-23)13(20)22-12(19)21-9-2-3-11(10(15)8-9)25-14(16,17)18;/h2-3,8H,4-7H2,1H3,(H4,19,20,21,22);1H. The van der Waals surface area contributed by atoms with Crippen molar-refractivity contribution >= 4 is 30.0 Å². The summed E-state index contributed by atoms with van der Waals surface area (Å²) in [5.74, 6) is -2.24. The van der Waals surface area contributed by atoms with Crippen molar-refractivity contribution in [1.82, 2.24) is 9.80 Å². The Balaban J connectivity index is 0.00000338.